The highest BCUT2D eigenvalue weighted by Gasteiger charge is 2.10. The Morgan fingerprint density at radius 1 is 1.53 bits per heavy atom. The van der Waals surface area contributed by atoms with Gasteiger partial charge in [0.25, 0.3) is 0 Å². The number of aromatic nitrogens is 1. The molecular formula is C12H12N2O3. The first-order valence-corrected chi connectivity index (χ1v) is 5.16. The quantitative estimate of drug-likeness (QED) is 0.847. The van der Waals surface area contributed by atoms with Crippen molar-refractivity contribution in [2.24, 2.45) is 0 Å². The number of carboxylic acid groups (broad SMARTS) is 1. The fraction of sp³-hybridized carbons (Fsp3) is 0.167. The van der Waals surface area contributed by atoms with Crippen LogP contribution < -0.4 is 5.32 Å². The Kier molecular flexibility index (Phi) is 3.09. The molecule has 2 rings (SSSR count). The molecule has 88 valence electrons. The molecule has 0 fully saturated rings. The molecule has 1 unspecified atom stereocenters. The van der Waals surface area contributed by atoms with Crippen molar-refractivity contribution in [2.75, 3.05) is 5.32 Å². The molecule has 0 aliphatic heterocycles. The maximum Gasteiger partial charge on any atom is 0.354 e. The molecule has 0 aliphatic carbocycles. The standard InChI is InChI=1S/C12H12N2O3/c1-8(11-3-2-6-17-11)14-9-4-5-13-10(7-9)12(15)16/h2-8H,1H3,(H,13,14)(H,15,16). The number of hydrogen-bond acceptors (Lipinski definition) is 4. The minimum absolute atomic E-state index is 0.0154. The molecule has 5 heteroatoms. The van der Waals surface area contributed by atoms with Gasteiger partial charge in [-0.2, -0.15) is 0 Å². The topological polar surface area (TPSA) is 75.4 Å². The van der Waals surface area contributed by atoms with E-state index in [1.165, 1.54) is 12.3 Å². The summed E-state index contributed by atoms with van der Waals surface area (Å²) < 4.78 is 5.25. The Labute approximate surface area is 98.1 Å². The molecule has 1 atom stereocenters. The number of aromatic carboxylic acids is 1. The number of nitrogens with one attached hydrogen (secondary N) is 1. The number of carboxylic acids is 1. The highest BCUT2D eigenvalue weighted by atomic mass is 16.4. The highest BCUT2D eigenvalue weighted by Crippen LogP contribution is 2.19. The average Bonchev–Trinajstić information content (AvgIpc) is 2.82. The van der Waals surface area contributed by atoms with E-state index in [-0.39, 0.29) is 11.7 Å². The van der Waals surface area contributed by atoms with Gasteiger partial charge in [-0.1, -0.05) is 0 Å². The summed E-state index contributed by atoms with van der Waals surface area (Å²) in [5.74, 6) is -0.252. The highest BCUT2D eigenvalue weighted by molar-refractivity contribution is 5.86. The lowest BCUT2D eigenvalue weighted by Crippen LogP contribution is -2.07. The molecule has 0 aliphatic rings. The van der Waals surface area contributed by atoms with Gasteiger partial charge in [-0.05, 0) is 31.2 Å². The van der Waals surface area contributed by atoms with Crippen molar-refractivity contribution in [3.8, 4) is 0 Å². The average molecular weight is 232 g/mol. The van der Waals surface area contributed by atoms with Crippen molar-refractivity contribution in [1.82, 2.24) is 4.98 Å². The number of rotatable bonds is 4. The molecule has 0 aromatic carbocycles. The van der Waals surface area contributed by atoms with Crippen LogP contribution in [0.4, 0.5) is 5.69 Å². The van der Waals surface area contributed by atoms with Gasteiger partial charge in [-0.15, -0.1) is 0 Å². The maximum absolute atomic E-state index is 10.8. The molecule has 0 radical (unpaired) electrons. The number of furan rings is 1. The number of carbonyl (C=O) groups is 1. The third-order valence-electron chi connectivity index (χ3n) is 2.33. The van der Waals surface area contributed by atoms with E-state index < -0.39 is 5.97 Å². The van der Waals surface area contributed by atoms with Crippen LogP contribution in [0.2, 0.25) is 0 Å². The van der Waals surface area contributed by atoms with Gasteiger partial charge in [0, 0.05) is 11.9 Å². The Balaban J connectivity index is 2.13. The summed E-state index contributed by atoms with van der Waals surface area (Å²) in [4.78, 5) is 14.5. The first-order valence-electron chi connectivity index (χ1n) is 5.16. The van der Waals surface area contributed by atoms with Crippen LogP contribution in [-0.2, 0) is 0 Å². The van der Waals surface area contributed by atoms with Gasteiger partial charge in [0.1, 0.15) is 11.5 Å². The van der Waals surface area contributed by atoms with Crippen molar-refractivity contribution in [3.05, 3.63) is 48.2 Å². The Morgan fingerprint density at radius 2 is 2.35 bits per heavy atom. The van der Waals surface area contributed by atoms with E-state index in [4.69, 9.17) is 9.52 Å². The van der Waals surface area contributed by atoms with Crippen LogP contribution in [0.3, 0.4) is 0 Å². The third-order valence-corrected chi connectivity index (χ3v) is 2.33. The second-order valence-electron chi connectivity index (χ2n) is 3.62. The monoisotopic (exact) mass is 232 g/mol. The Morgan fingerprint density at radius 3 is 3.00 bits per heavy atom. The minimum Gasteiger partial charge on any atom is -0.477 e. The fourth-order valence-corrected chi connectivity index (χ4v) is 1.50. The van der Waals surface area contributed by atoms with Gasteiger partial charge in [0.15, 0.2) is 0 Å². The van der Waals surface area contributed by atoms with E-state index in [9.17, 15) is 4.79 Å². The second-order valence-corrected chi connectivity index (χ2v) is 3.62. The molecule has 0 saturated carbocycles. The Hall–Kier alpha value is -2.30. The van der Waals surface area contributed by atoms with E-state index in [0.717, 1.165) is 5.76 Å². The number of hydrogen-bond donors (Lipinski definition) is 2. The van der Waals surface area contributed by atoms with Gasteiger partial charge < -0.3 is 14.8 Å². The number of nitrogens with zero attached hydrogens (tertiary/aromatic N) is 1. The van der Waals surface area contributed by atoms with E-state index in [1.54, 1.807) is 12.3 Å². The number of anilines is 1. The minimum atomic E-state index is -1.04. The third kappa shape index (κ3) is 2.63. The summed E-state index contributed by atoms with van der Waals surface area (Å²) in [7, 11) is 0. The van der Waals surface area contributed by atoms with Crippen molar-refractivity contribution in [2.45, 2.75) is 13.0 Å². The van der Waals surface area contributed by atoms with E-state index in [1.807, 2.05) is 19.1 Å². The maximum atomic E-state index is 10.8. The molecule has 2 aromatic rings. The summed E-state index contributed by atoms with van der Waals surface area (Å²) in [6, 6.07) is 6.84. The summed E-state index contributed by atoms with van der Waals surface area (Å²) >= 11 is 0. The smallest absolute Gasteiger partial charge is 0.354 e. The van der Waals surface area contributed by atoms with Crippen LogP contribution in [0.15, 0.2) is 41.1 Å². The lowest BCUT2D eigenvalue weighted by Gasteiger charge is -2.12. The first-order chi connectivity index (χ1) is 8.16. The normalized spacial score (nSPS) is 12.1. The number of pyridine rings is 1. The van der Waals surface area contributed by atoms with Crippen LogP contribution in [0, 0.1) is 0 Å². The first kappa shape index (κ1) is 11.2. The van der Waals surface area contributed by atoms with Gasteiger partial charge >= 0.3 is 5.97 Å². The van der Waals surface area contributed by atoms with Crippen LogP contribution in [0.25, 0.3) is 0 Å². The van der Waals surface area contributed by atoms with Crippen molar-refractivity contribution in [3.63, 3.8) is 0 Å². The largest absolute Gasteiger partial charge is 0.477 e. The molecule has 0 bridgehead atoms. The van der Waals surface area contributed by atoms with Gasteiger partial charge in [-0.3, -0.25) is 0 Å². The summed E-state index contributed by atoms with van der Waals surface area (Å²) in [6.07, 6.45) is 3.06. The molecule has 17 heavy (non-hydrogen) atoms. The Bertz CT molecular complexity index is 508. The lowest BCUT2D eigenvalue weighted by atomic mass is 10.2. The zero-order valence-corrected chi connectivity index (χ0v) is 9.25. The molecule has 0 spiro atoms. The van der Waals surface area contributed by atoms with E-state index in [2.05, 4.69) is 10.3 Å². The molecule has 0 saturated heterocycles. The predicted octanol–water partition coefficient (Wildman–Crippen LogP) is 2.55. The van der Waals surface area contributed by atoms with Crippen LogP contribution >= 0.6 is 0 Å². The van der Waals surface area contributed by atoms with Crippen LogP contribution in [0.5, 0.6) is 0 Å². The molecule has 5 nitrogen and oxygen atoms in total. The summed E-state index contributed by atoms with van der Waals surface area (Å²) in [5.41, 5.74) is 0.711. The SMILES string of the molecule is CC(Nc1ccnc(C(=O)O)c1)c1ccco1. The van der Waals surface area contributed by atoms with Gasteiger partial charge in [0.2, 0.25) is 0 Å². The zero-order chi connectivity index (χ0) is 12.3. The second kappa shape index (κ2) is 4.69. The van der Waals surface area contributed by atoms with E-state index in [0.29, 0.717) is 5.69 Å². The molecular weight excluding hydrogens is 220 g/mol. The molecule has 0 amide bonds. The van der Waals surface area contributed by atoms with E-state index >= 15 is 0 Å². The predicted molar refractivity (Wildman–Crippen MR) is 61.9 cm³/mol. The van der Waals surface area contributed by atoms with Crippen LogP contribution in [0.1, 0.15) is 29.2 Å². The lowest BCUT2D eigenvalue weighted by molar-refractivity contribution is 0.0690. The molecule has 2 heterocycles. The van der Waals surface area contributed by atoms with Crippen LogP contribution in [-0.4, -0.2) is 16.1 Å². The van der Waals surface area contributed by atoms with Gasteiger partial charge in [0.05, 0.1) is 12.3 Å². The summed E-state index contributed by atoms with van der Waals surface area (Å²) in [5, 5.41) is 12.0. The zero-order valence-electron chi connectivity index (χ0n) is 9.25. The summed E-state index contributed by atoms with van der Waals surface area (Å²) in [6.45, 7) is 1.93. The van der Waals surface area contributed by atoms with Crippen molar-refractivity contribution < 1.29 is 14.3 Å². The fourth-order valence-electron chi connectivity index (χ4n) is 1.50. The van der Waals surface area contributed by atoms with Gasteiger partial charge in [-0.25, -0.2) is 9.78 Å². The molecule has 2 aromatic heterocycles. The molecule has 2 N–H and O–H groups in total. The van der Waals surface area contributed by atoms with Crippen molar-refractivity contribution in [1.29, 1.82) is 0 Å². The van der Waals surface area contributed by atoms with Crippen molar-refractivity contribution >= 4 is 11.7 Å².